The minimum Gasteiger partial charge on any atom is -0.353 e. The first-order valence-electron chi connectivity index (χ1n) is 10.5. The number of aryl methyl sites for hydroxylation is 1. The topological polar surface area (TPSA) is 70.1 Å². The minimum atomic E-state index is 0.655. The molecule has 3 fully saturated rings. The standard InChI is InChI=1S/C23H23N7S/c1-14-5-4-8-24-22(14)23-26-17-10-20(25-11-18(17)31-23)27-19-6-3-7-21(28-19)30-12-15-9-16(13-30)29(15)2/h3-8,10-11,15-16H,9,12-13H2,1-2H3,(H,25,27,28). The van der Waals surface area contributed by atoms with Crippen molar-refractivity contribution in [1.29, 1.82) is 0 Å². The molecule has 3 saturated heterocycles. The highest BCUT2D eigenvalue weighted by Crippen LogP contribution is 2.33. The van der Waals surface area contributed by atoms with Gasteiger partial charge in [0.25, 0.3) is 0 Å². The Morgan fingerprint density at radius 1 is 1.03 bits per heavy atom. The third-order valence-electron chi connectivity index (χ3n) is 6.36. The van der Waals surface area contributed by atoms with Crippen LogP contribution in [0.4, 0.5) is 17.5 Å². The first-order chi connectivity index (χ1) is 15.1. The number of thiazole rings is 1. The van der Waals surface area contributed by atoms with E-state index in [4.69, 9.17) is 9.97 Å². The Morgan fingerprint density at radius 3 is 2.71 bits per heavy atom. The fourth-order valence-corrected chi connectivity index (χ4v) is 5.48. The van der Waals surface area contributed by atoms with Crippen molar-refractivity contribution in [2.24, 2.45) is 0 Å². The smallest absolute Gasteiger partial charge is 0.143 e. The highest BCUT2D eigenvalue weighted by molar-refractivity contribution is 7.21. The van der Waals surface area contributed by atoms with Crippen LogP contribution in [0.15, 0.2) is 48.8 Å². The zero-order valence-corrected chi connectivity index (χ0v) is 18.3. The van der Waals surface area contributed by atoms with Crippen molar-refractivity contribution in [3.05, 3.63) is 54.4 Å². The van der Waals surface area contributed by atoms with Crippen molar-refractivity contribution >= 4 is 39.0 Å². The van der Waals surface area contributed by atoms with Gasteiger partial charge >= 0.3 is 0 Å². The number of nitrogens with one attached hydrogen (secondary N) is 1. The van der Waals surface area contributed by atoms with Crippen LogP contribution in [-0.4, -0.2) is 57.1 Å². The summed E-state index contributed by atoms with van der Waals surface area (Å²) >= 11 is 1.62. The number of piperidine rings is 1. The third-order valence-corrected chi connectivity index (χ3v) is 7.37. The number of nitrogens with zero attached hydrogens (tertiary/aromatic N) is 6. The van der Waals surface area contributed by atoms with Gasteiger partial charge in [0, 0.05) is 43.6 Å². The van der Waals surface area contributed by atoms with E-state index in [1.165, 1.54) is 6.42 Å². The lowest BCUT2D eigenvalue weighted by atomic mass is 9.88. The maximum atomic E-state index is 4.84. The van der Waals surface area contributed by atoms with E-state index in [0.717, 1.165) is 57.0 Å². The summed E-state index contributed by atoms with van der Waals surface area (Å²) in [7, 11) is 2.22. The lowest BCUT2D eigenvalue weighted by molar-refractivity contribution is 0.0261. The van der Waals surface area contributed by atoms with Crippen LogP contribution >= 0.6 is 11.3 Å². The van der Waals surface area contributed by atoms with Crippen LogP contribution in [0.5, 0.6) is 0 Å². The Hall–Kier alpha value is -3.10. The number of aromatic nitrogens is 4. The number of pyridine rings is 3. The SMILES string of the molecule is Cc1cccnc1-c1nc2cc(Nc3cccc(N4CC5CC(C4)N5C)n3)ncc2s1. The van der Waals surface area contributed by atoms with Crippen molar-refractivity contribution in [1.82, 2.24) is 24.8 Å². The number of anilines is 3. The fraction of sp³-hybridized carbons (Fsp3) is 0.304. The lowest BCUT2D eigenvalue weighted by Gasteiger charge is -2.55. The minimum absolute atomic E-state index is 0.655. The van der Waals surface area contributed by atoms with Gasteiger partial charge in [0.05, 0.1) is 10.2 Å². The van der Waals surface area contributed by atoms with Gasteiger partial charge in [0.1, 0.15) is 28.2 Å². The molecule has 4 aromatic heterocycles. The van der Waals surface area contributed by atoms with E-state index in [1.807, 2.05) is 30.6 Å². The Kier molecular flexibility index (Phi) is 4.36. The van der Waals surface area contributed by atoms with E-state index in [2.05, 4.69) is 57.3 Å². The molecular formula is C23H23N7S. The highest BCUT2D eigenvalue weighted by Gasteiger charge is 2.42. The quantitative estimate of drug-likeness (QED) is 0.524. The Morgan fingerprint density at radius 2 is 1.90 bits per heavy atom. The molecule has 0 spiro atoms. The first kappa shape index (κ1) is 18.7. The number of hydrogen-bond acceptors (Lipinski definition) is 8. The molecule has 1 N–H and O–H groups in total. The summed E-state index contributed by atoms with van der Waals surface area (Å²) in [4.78, 5) is 23.6. The van der Waals surface area contributed by atoms with Gasteiger partial charge in [0.15, 0.2) is 0 Å². The second kappa shape index (κ2) is 7.25. The van der Waals surface area contributed by atoms with Crippen LogP contribution < -0.4 is 10.2 Å². The lowest BCUT2D eigenvalue weighted by Crippen LogP contribution is -2.67. The maximum absolute atomic E-state index is 4.84. The van der Waals surface area contributed by atoms with Crippen molar-refractivity contribution < 1.29 is 0 Å². The third kappa shape index (κ3) is 3.32. The van der Waals surface area contributed by atoms with E-state index in [0.29, 0.717) is 12.1 Å². The molecule has 0 radical (unpaired) electrons. The number of likely N-dealkylation sites (N-methyl/N-ethyl adjacent to an activating group) is 1. The van der Waals surface area contributed by atoms with E-state index in [1.54, 1.807) is 11.3 Å². The molecule has 8 heteroatoms. The molecular weight excluding hydrogens is 406 g/mol. The van der Waals surface area contributed by atoms with Crippen LogP contribution in [0.25, 0.3) is 20.9 Å². The maximum Gasteiger partial charge on any atom is 0.143 e. The molecule has 0 saturated carbocycles. The van der Waals surface area contributed by atoms with Gasteiger partial charge in [-0.15, -0.1) is 11.3 Å². The normalized spacial score (nSPS) is 20.6. The van der Waals surface area contributed by atoms with E-state index < -0.39 is 0 Å². The van der Waals surface area contributed by atoms with E-state index in [9.17, 15) is 0 Å². The summed E-state index contributed by atoms with van der Waals surface area (Å²) in [6, 6.07) is 13.4. The molecule has 3 aliphatic heterocycles. The largest absolute Gasteiger partial charge is 0.353 e. The van der Waals surface area contributed by atoms with Crippen LogP contribution in [0.3, 0.4) is 0 Å². The molecule has 4 aromatic rings. The van der Waals surface area contributed by atoms with Gasteiger partial charge in [0.2, 0.25) is 0 Å². The summed E-state index contributed by atoms with van der Waals surface area (Å²) in [6.45, 7) is 4.15. The van der Waals surface area contributed by atoms with Crippen LogP contribution in [0, 0.1) is 6.92 Å². The van der Waals surface area contributed by atoms with Gasteiger partial charge < -0.3 is 10.2 Å². The Bertz CT molecular complexity index is 1260. The average molecular weight is 430 g/mol. The number of piperazine rings is 1. The number of fused-ring (bicyclic) bond motifs is 3. The summed E-state index contributed by atoms with van der Waals surface area (Å²) in [5.74, 6) is 2.57. The monoisotopic (exact) mass is 429 g/mol. The van der Waals surface area contributed by atoms with Gasteiger partial charge in [-0.1, -0.05) is 12.1 Å². The molecule has 2 bridgehead atoms. The molecule has 0 aliphatic carbocycles. The van der Waals surface area contributed by atoms with Crippen molar-refractivity contribution in [3.63, 3.8) is 0 Å². The molecule has 0 aromatic carbocycles. The van der Waals surface area contributed by atoms with E-state index in [-0.39, 0.29) is 0 Å². The Labute approximate surface area is 184 Å². The molecule has 31 heavy (non-hydrogen) atoms. The number of hydrogen-bond donors (Lipinski definition) is 1. The van der Waals surface area contributed by atoms with Gasteiger partial charge in [-0.05, 0) is 44.2 Å². The molecule has 7 rings (SSSR count). The molecule has 156 valence electrons. The molecule has 7 nitrogen and oxygen atoms in total. The second-order valence-corrected chi connectivity index (χ2v) is 9.38. The van der Waals surface area contributed by atoms with Gasteiger partial charge in [-0.25, -0.2) is 15.0 Å². The van der Waals surface area contributed by atoms with Crippen LogP contribution in [0.2, 0.25) is 0 Å². The molecule has 0 amide bonds. The number of rotatable bonds is 4. The summed E-state index contributed by atoms with van der Waals surface area (Å²) < 4.78 is 1.05. The highest BCUT2D eigenvalue weighted by atomic mass is 32.1. The van der Waals surface area contributed by atoms with Crippen LogP contribution in [-0.2, 0) is 0 Å². The van der Waals surface area contributed by atoms with Crippen LogP contribution in [0.1, 0.15) is 12.0 Å². The predicted octanol–water partition coefficient (Wildman–Crippen LogP) is 4.09. The van der Waals surface area contributed by atoms with Crippen molar-refractivity contribution in [2.75, 3.05) is 30.4 Å². The first-order valence-corrected chi connectivity index (χ1v) is 11.4. The summed E-state index contributed by atoms with van der Waals surface area (Å²) in [5, 5.41) is 4.27. The second-order valence-electron chi connectivity index (χ2n) is 8.35. The van der Waals surface area contributed by atoms with Crippen molar-refractivity contribution in [3.8, 4) is 10.7 Å². The Balaban J connectivity index is 1.24. The zero-order chi connectivity index (χ0) is 20.9. The van der Waals surface area contributed by atoms with Crippen molar-refractivity contribution in [2.45, 2.75) is 25.4 Å². The fourth-order valence-electron chi connectivity index (χ4n) is 4.50. The molecule has 2 atom stereocenters. The molecule has 3 aliphatic rings. The van der Waals surface area contributed by atoms with Gasteiger partial charge in [-0.2, -0.15) is 0 Å². The van der Waals surface area contributed by atoms with Gasteiger partial charge in [-0.3, -0.25) is 9.88 Å². The molecule has 2 unspecified atom stereocenters. The average Bonchev–Trinajstić information content (AvgIpc) is 3.22. The molecule has 7 heterocycles. The zero-order valence-electron chi connectivity index (χ0n) is 17.5. The summed E-state index contributed by atoms with van der Waals surface area (Å²) in [5.41, 5.74) is 2.96. The predicted molar refractivity (Wildman–Crippen MR) is 125 cm³/mol. The summed E-state index contributed by atoms with van der Waals surface area (Å²) in [6.07, 6.45) is 4.99. The van der Waals surface area contributed by atoms with E-state index >= 15 is 0 Å².